The minimum absolute atomic E-state index is 0.0884. The Balaban J connectivity index is 2.14. The Morgan fingerprint density at radius 1 is 1.22 bits per heavy atom. The number of hydrogen-bond acceptors (Lipinski definition) is 4. The highest BCUT2D eigenvalue weighted by Gasteiger charge is 2.29. The molecular formula is C17H25NO4S. The molecule has 1 atom stereocenters. The SMILES string of the molecule is CC(=O)OCC(NS(=O)(=O)c1ccc(C)cc1)C1CCCCC1. The molecule has 1 aromatic rings. The van der Waals surface area contributed by atoms with Crippen LogP contribution in [0.4, 0.5) is 0 Å². The Bertz CT molecular complexity index is 618. The van der Waals surface area contributed by atoms with Gasteiger partial charge in [-0.1, -0.05) is 37.0 Å². The minimum Gasteiger partial charge on any atom is -0.464 e. The van der Waals surface area contributed by atoms with E-state index in [4.69, 9.17) is 4.74 Å². The zero-order valence-electron chi connectivity index (χ0n) is 13.7. The summed E-state index contributed by atoms with van der Waals surface area (Å²) in [6.07, 6.45) is 5.28. The molecule has 128 valence electrons. The van der Waals surface area contributed by atoms with Crippen LogP contribution in [0.1, 0.15) is 44.6 Å². The number of esters is 1. The van der Waals surface area contributed by atoms with Gasteiger partial charge in [0.25, 0.3) is 0 Å². The van der Waals surface area contributed by atoms with Gasteiger partial charge in [0, 0.05) is 6.92 Å². The van der Waals surface area contributed by atoms with Crippen LogP contribution >= 0.6 is 0 Å². The average Bonchev–Trinajstić information content (AvgIpc) is 2.52. The van der Waals surface area contributed by atoms with E-state index in [9.17, 15) is 13.2 Å². The summed E-state index contributed by atoms with van der Waals surface area (Å²) in [5.74, 6) is -0.177. The fraction of sp³-hybridized carbons (Fsp3) is 0.588. The minimum atomic E-state index is -3.61. The van der Waals surface area contributed by atoms with Crippen molar-refractivity contribution in [3.63, 3.8) is 0 Å². The van der Waals surface area contributed by atoms with Crippen molar-refractivity contribution < 1.29 is 17.9 Å². The van der Waals surface area contributed by atoms with E-state index in [1.54, 1.807) is 24.3 Å². The molecule has 1 unspecified atom stereocenters. The number of nitrogens with one attached hydrogen (secondary N) is 1. The quantitative estimate of drug-likeness (QED) is 0.809. The summed E-state index contributed by atoms with van der Waals surface area (Å²) in [5, 5.41) is 0. The lowest BCUT2D eigenvalue weighted by atomic mass is 9.84. The number of aryl methyl sites for hydroxylation is 1. The number of carbonyl (C=O) groups excluding carboxylic acids is 1. The van der Waals surface area contributed by atoms with Crippen LogP contribution < -0.4 is 4.72 Å². The smallest absolute Gasteiger partial charge is 0.302 e. The molecule has 0 aromatic heterocycles. The topological polar surface area (TPSA) is 72.5 Å². The lowest BCUT2D eigenvalue weighted by molar-refractivity contribution is -0.142. The van der Waals surface area contributed by atoms with Crippen molar-refractivity contribution in [1.82, 2.24) is 4.72 Å². The van der Waals surface area contributed by atoms with Crippen LogP contribution in [0.2, 0.25) is 0 Å². The lowest BCUT2D eigenvalue weighted by Gasteiger charge is -2.30. The van der Waals surface area contributed by atoms with Crippen molar-refractivity contribution in [3.05, 3.63) is 29.8 Å². The Hall–Kier alpha value is -1.40. The molecule has 0 amide bonds. The van der Waals surface area contributed by atoms with Gasteiger partial charge in [0.05, 0.1) is 10.9 Å². The molecule has 0 heterocycles. The zero-order valence-corrected chi connectivity index (χ0v) is 14.6. The molecule has 1 saturated carbocycles. The third-order valence-corrected chi connectivity index (χ3v) is 5.83. The summed E-state index contributed by atoms with van der Waals surface area (Å²) in [6, 6.07) is 6.38. The molecule has 1 N–H and O–H groups in total. The van der Waals surface area contributed by atoms with Gasteiger partial charge in [-0.25, -0.2) is 13.1 Å². The summed E-state index contributed by atoms with van der Waals surface area (Å²) in [6.45, 7) is 3.34. The predicted octanol–water partition coefficient (Wildman–Crippen LogP) is 2.79. The molecule has 0 bridgehead atoms. The summed E-state index contributed by atoms with van der Waals surface area (Å²) in [7, 11) is -3.61. The maximum atomic E-state index is 12.6. The highest BCUT2D eigenvalue weighted by Crippen LogP contribution is 2.27. The number of rotatable bonds is 6. The van der Waals surface area contributed by atoms with Crippen molar-refractivity contribution in [1.29, 1.82) is 0 Å². The summed E-state index contributed by atoms with van der Waals surface area (Å²) < 4.78 is 33.0. The van der Waals surface area contributed by atoms with E-state index >= 15 is 0 Å². The van der Waals surface area contributed by atoms with Gasteiger partial charge in [-0.15, -0.1) is 0 Å². The van der Waals surface area contributed by atoms with Gasteiger partial charge in [-0.05, 0) is 37.8 Å². The van der Waals surface area contributed by atoms with Crippen molar-refractivity contribution in [2.75, 3.05) is 6.61 Å². The maximum absolute atomic E-state index is 12.6. The first-order valence-corrected chi connectivity index (χ1v) is 9.59. The summed E-state index contributed by atoms with van der Waals surface area (Å²) >= 11 is 0. The third kappa shape index (κ3) is 5.32. The molecule has 6 heteroatoms. The van der Waals surface area contributed by atoms with Crippen molar-refractivity contribution in [3.8, 4) is 0 Å². The summed E-state index contributed by atoms with van der Waals surface area (Å²) in [5.41, 5.74) is 1.01. The van der Waals surface area contributed by atoms with Crippen LogP contribution in [-0.4, -0.2) is 27.0 Å². The Morgan fingerprint density at radius 3 is 2.39 bits per heavy atom. The van der Waals surface area contributed by atoms with E-state index in [0.717, 1.165) is 31.2 Å². The van der Waals surface area contributed by atoms with E-state index in [-0.39, 0.29) is 29.4 Å². The van der Waals surface area contributed by atoms with Crippen LogP contribution in [0.15, 0.2) is 29.2 Å². The van der Waals surface area contributed by atoms with Gasteiger partial charge in [-0.3, -0.25) is 4.79 Å². The third-order valence-electron chi connectivity index (χ3n) is 4.32. The number of sulfonamides is 1. The molecule has 1 aliphatic rings. The highest BCUT2D eigenvalue weighted by molar-refractivity contribution is 7.89. The van der Waals surface area contributed by atoms with Gasteiger partial charge in [-0.2, -0.15) is 0 Å². The van der Waals surface area contributed by atoms with Crippen molar-refractivity contribution in [2.45, 2.75) is 56.9 Å². The molecule has 2 rings (SSSR count). The van der Waals surface area contributed by atoms with Crippen LogP contribution in [0.25, 0.3) is 0 Å². The predicted molar refractivity (Wildman–Crippen MR) is 88.5 cm³/mol. The Kier molecular flexibility index (Phi) is 6.18. The zero-order chi connectivity index (χ0) is 16.9. The maximum Gasteiger partial charge on any atom is 0.302 e. The van der Waals surface area contributed by atoms with Crippen LogP contribution in [0, 0.1) is 12.8 Å². The molecule has 0 aliphatic heterocycles. The first kappa shape index (κ1) is 17.9. The van der Waals surface area contributed by atoms with E-state index in [0.29, 0.717) is 0 Å². The largest absolute Gasteiger partial charge is 0.464 e. The molecule has 5 nitrogen and oxygen atoms in total. The number of benzene rings is 1. The number of ether oxygens (including phenoxy) is 1. The van der Waals surface area contributed by atoms with E-state index in [2.05, 4.69) is 4.72 Å². The first-order valence-electron chi connectivity index (χ1n) is 8.11. The van der Waals surface area contributed by atoms with Gasteiger partial charge in [0.2, 0.25) is 10.0 Å². The number of hydrogen-bond donors (Lipinski definition) is 1. The fourth-order valence-corrected chi connectivity index (χ4v) is 4.28. The molecule has 1 aromatic carbocycles. The average molecular weight is 339 g/mol. The van der Waals surface area contributed by atoms with Crippen LogP contribution in [0.3, 0.4) is 0 Å². The first-order chi connectivity index (χ1) is 10.9. The molecule has 23 heavy (non-hydrogen) atoms. The second kappa shape index (κ2) is 7.93. The molecule has 1 fully saturated rings. The monoisotopic (exact) mass is 339 g/mol. The van der Waals surface area contributed by atoms with Gasteiger partial charge in [0.15, 0.2) is 0 Å². The van der Waals surface area contributed by atoms with E-state index < -0.39 is 10.0 Å². The number of carbonyl (C=O) groups is 1. The van der Waals surface area contributed by atoms with E-state index in [1.807, 2.05) is 6.92 Å². The molecule has 0 saturated heterocycles. The van der Waals surface area contributed by atoms with Gasteiger partial charge >= 0.3 is 5.97 Å². The fourth-order valence-electron chi connectivity index (χ4n) is 2.99. The van der Waals surface area contributed by atoms with E-state index in [1.165, 1.54) is 13.3 Å². The molecule has 0 radical (unpaired) electrons. The Morgan fingerprint density at radius 2 is 1.83 bits per heavy atom. The van der Waals surface area contributed by atoms with Crippen LogP contribution in [0.5, 0.6) is 0 Å². The normalized spacial score (nSPS) is 17.7. The molecule has 0 spiro atoms. The van der Waals surface area contributed by atoms with Gasteiger partial charge < -0.3 is 4.74 Å². The van der Waals surface area contributed by atoms with Crippen molar-refractivity contribution >= 4 is 16.0 Å². The second-order valence-corrected chi connectivity index (χ2v) is 7.96. The standard InChI is InChI=1S/C17H25NO4S/c1-13-8-10-16(11-9-13)23(20,21)18-17(12-22-14(2)19)15-6-4-3-5-7-15/h8-11,15,17-18H,3-7,12H2,1-2H3. The van der Waals surface area contributed by atoms with Gasteiger partial charge in [0.1, 0.15) is 6.61 Å². The summed E-state index contributed by atoms with van der Waals surface area (Å²) in [4.78, 5) is 11.3. The Labute approximate surface area is 138 Å². The lowest BCUT2D eigenvalue weighted by Crippen LogP contribution is -2.44. The molecule has 1 aliphatic carbocycles. The molecular weight excluding hydrogens is 314 g/mol. The second-order valence-electron chi connectivity index (χ2n) is 6.24. The van der Waals surface area contributed by atoms with Crippen molar-refractivity contribution in [2.24, 2.45) is 5.92 Å². The van der Waals surface area contributed by atoms with Crippen LogP contribution in [-0.2, 0) is 19.6 Å². The highest BCUT2D eigenvalue weighted by atomic mass is 32.2.